The number of pyridine rings is 1. The molecule has 0 N–H and O–H groups in total. The number of nitrogens with zero attached hydrogens (tertiary/aromatic N) is 4. The second-order valence-electron chi connectivity index (χ2n) is 5.23. The summed E-state index contributed by atoms with van der Waals surface area (Å²) in [5.74, 6) is 1.70. The topological polar surface area (TPSA) is 59.2 Å². The zero-order valence-electron chi connectivity index (χ0n) is 11.4. The average molecular weight is 273 g/mol. The summed E-state index contributed by atoms with van der Waals surface area (Å²) in [7, 11) is 2.13. The first-order valence-corrected chi connectivity index (χ1v) is 6.61. The van der Waals surface area contributed by atoms with Gasteiger partial charge in [0, 0.05) is 18.0 Å². The quantitative estimate of drug-likeness (QED) is 0.621. The van der Waals surface area contributed by atoms with Crippen LogP contribution in [-0.4, -0.2) is 54.5 Å². The molecule has 2 aromatic heterocycles. The molecule has 0 aromatic carbocycles. The van der Waals surface area contributed by atoms with Gasteiger partial charge in [-0.05, 0) is 12.1 Å². The molecule has 6 nitrogen and oxygen atoms in total. The number of amides is 1. The van der Waals surface area contributed by atoms with E-state index in [1.807, 2.05) is 12.1 Å². The zero-order chi connectivity index (χ0) is 14.0. The third-order valence-electron chi connectivity index (χ3n) is 3.91. The normalized spacial score (nSPS) is 17.9. The van der Waals surface area contributed by atoms with Crippen LogP contribution >= 0.6 is 0 Å². The second kappa shape index (κ2) is 5.05. The van der Waals surface area contributed by atoms with Crippen LogP contribution in [0.1, 0.15) is 0 Å². The van der Waals surface area contributed by atoms with Gasteiger partial charge in [0.2, 0.25) is 12.2 Å². The number of quaternary nitrogens is 1. The zero-order valence-corrected chi connectivity index (χ0v) is 11.4. The predicted octanol–water partition coefficient (Wildman–Crippen LogP) is 1.15. The van der Waals surface area contributed by atoms with Gasteiger partial charge in [0.1, 0.15) is 13.1 Å². The molecule has 3 heterocycles. The van der Waals surface area contributed by atoms with Crippen LogP contribution in [0.4, 0.5) is 5.82 Å². The number of piperazine rings is 1. The highest BCUT2D eigenvalue weighted by Crippen LogP contribution is 2.33. The SMILES string of the molecule is C[N+]1(c2ncoc2-c2ccncc2)CCN(C=O)CC1. The van der Waals surface area contributed by atoms with Crippen molar-refractivity contribution in [2.24, 2.45) is 0 Å². The van der Waals surface area contributed by atoms with Crippen LogP contribution in [-0.2, 0) is 4.79 Å². The minimum atomic E-state index is 0.679. The van der Waals surface area contributed by atoms with Crippen molar-refractivity contribution in [3.63, 3.8) is 0 Å². The molecule has 1 saturated heterocycles. The lowest BCUT2D eigenvalue weighted by atomic mass is 10.1. The molecule has 2 aromatic rings. The Hall–Kier alpha value is -2.21. The van der Waals surface area contributed by atoms with Crippen LogP contribution in [0.25, 0.3) is 11.3 Å². The predicted molar refractivity (Wildman–Crippen MR) is 74.8 cm³/mol. The van der Waals surface area contributed by atoms with Gasteiger partial charge in [-0.1, -0.05) is 0 Å². The lowest BCUT2D eigenvalue weighted by Crippen LogP contribution is -2.58. The van der Waals surface area contributed by atoms with E-state index in [4.69, 9.17) is 4.42 Å². The van der Waals surface area contributed by atoms with Crippen molar-refractivity contribution in [1.29, 1.82) is 0 Å². The number of likely N-dealkylation sites (N-methyl/N-ethyl adjacent to an activating group) is 1. The van der Waals surface area contributed by atoms with Crippen LogP contribution in [0, 0.1) is 0 Å². The van der Waals surface area contributed by atoms with Crippen LogP contribution in [0.15, 0.2) is 35.3 Å². The maximum atomic E-state index is 10.8. The summed E-state index contributed by atoms with van der Waals surface area (Å²) in [6.07, 6.45) is 5.88. The molecule has 3 rings (SSSR count). The first-order chi connectivity index (χ1) is 9.73. The Labute approximate surface area is 117 Å². The highest BCUT2D eigenvalue weighted by molar-refractivity contribution is 5.68. The minimum Gasteiger partial charge on any atom is -0.437 e. The molecule has 1 fully saturated rings. The molecule has 0 spiro atoms. The van der Waals surface area contributed by atoms with Gasteiger partial charge in [-0.2, -0.15) is 4.98 Å². The summed E-state index contributed by atoms with van der Waals surface area (Å²) in [5.41, 5.74) is 0.977. The summed E-state index contributed by atoms with van der Waals surface area (Å²) >= 11 is 0. The van der Waals surface area contributed by atoms with E-state index < -0.39 is 0 Å². The number of hydrogen-bond donors (Lipinski definition) is 0. The lowest BCUT2D eigenvalue weighted by molar-refractivity contribution is -0.119. The molecule has 1 aliphatic heterocycles. The van der Waals surface area contributed by atoms with Crippen LogP contribution in [0.3, 0.4) is 0 Å². The fourth-order valence-electron chi connectivity index (χ4n) is 2.56. The third kappa shape index (κ3) is 2.18. The maximum absolute atomic E-state index is 10.8. The van der Waals surface area contributed by atoms with Gasteiger partial charge in [0.05, 0.1) is 20.1 Å². The highest BCUT2D eigenvalue weighted by atomic mass is 16.3. The summed E-state index contributed by atoms with van der Waals surface area (Å²) in [5, 5.41) is 0. The van der Waals surface area contributed by atoms with E-state index in [0.717, 1.165) is 49.7 Å². The smallest absolute Gasteiger partial charge is 0.274 e. The summed E-state index contributed by atoms with van der Waals surface area (Å²) in [6, 6.07) is 3.83. The molecule has 0 bridgehead atoms. The fraction of sp³-hybridized carbons (Fsp3) is 0.357. The molecule has 104 valence electrons. The van der Waals surface area contributed by atoms with Gasteiger partial charge in [-0.3, -0.25) is 14.3 Å². The van der Waals surface area contributed by atoms with E-state index in [0.29, 0.717) is 4.48 Å². The second-order valence-corrected chi connectivity index (χ2v) is 5.23. The monoisotopic (exact) mass is 273 g/mol. The summed E-state index contributed by atoms with van der Waals surface area (Å²) in [4.78, 5) is 21.1. The van der Waals surface area contributed by atoms with Gasteiger partial charge in [0.15, 0.2) is 6.39 Å². The number of aromatic nitrogens is 2. The number of carbonyl (C=O) groups is 1. The van der Waals surface area contributed by atoms with E-state index in [1.165, 1.54) is 6.39 Å². The van der Waals surface area contributed by atoms with Crippen molar-refractivity contribution < 1.29 is 9.21 Å². The Kier molecular flexibility index (Phi) is 3.23. The van der Waals surface area contributed by atoms with Gasteiger partial charge < -0.3 is 9.32 Å². The first kappa shape index (κ1) is 12.8. The molecule has 0 atom stereocenters. The van der Waals surface area contributed by atoms with Gasteiger partial charge in [-0.15, -0.1) is 0 Å². The highest BCUT2D eigenvalue weighted by Gasteiger charge is 2.36. The van der Waals surface area contributed by atoms with E-state index in [2.05, 4.69) is 17.0 Å². The van der Waals surface area contributed by atoms with Gasteiger partial charge >= 0.3 is 0 Å². The molecule has 6 heteroatoms. The number of hydrogen-bond acceptors (Lipinski definition) is 4. The van der Waals surface area contributed by atoms with E-state index in [-0.39, 0.29) is 0 Å². The molecule has 0 saturated carbocycles. The van der Waals surface area contributed by atoms with E-state index in [9.17, 15) is 4.79 Å². The van der Waals surface area contributed by atoms with E-state index >= 15 is 0 Å². The van der Waals surface area contributed by atoms with Gasteiger partial charge in [-0.25, -0.2) is 0 Å². The number of oxazole rings is 1. The lowest BCUT2D eigenvalue weighted by Gasteiger charge is -2.38. The molecular formula is C14H17N4O2+. The number of carbonyl (C=O) groups excluding carboxylic acids is 1. The molecule has 0 radical (unpaired) electrons. The molecule has 0 aliphatic carbocycles. The molecule has 1 amide bonds. The van der Waals surface area contributed by atoms with Crippen molar-refractivity contribution in [2.45, 2.75) is 0 Å². The Bertz CT molecular complexity index is 588. The van der Waals surface area contributed by atoms with Crippen LogP contribution in [0.2, 0.25) is 0 Å². The number of rotatable bonds is 3. The Morgan fingerprint density at radius 2 is 2.00 bits per heavy atom. The molecule has 0 unspecified atom stereocenters. The van der Waals surface area contributed by atoms with Crippen LogP contribution < -0.4 is 4.48 Å². The fourth-order valence-corrected chi connectivity index (χ4v) is 2.56. The van der Waals surface area contributed by atoms with Crippen molar-refractivity contribution >= 4 is 12.2 Å². The van der Waals surface area contributed by atoms with Gasteiger partial charge in [0.25, 0.3) is 5.82 Å². The molecule has 1 aliphatic rings. The molecular weight excluding hydrogens is 256 g/mol. The van der Waals surface area contributed by atoms with Crippen LogP contribution in [0.5, 0.6) is 0 Å². The minimum absolute atomic E-state index is 0.679. The van der Waals surface area contributed by atoms with E-state index in [1.54, 1.807) is 17.3 Å². The van der Waals surface area contributed by atoms with Crippen molar-refractivity contribution in [3.05, 3.63) is 30.9 Å². The standard InChI is InChI=1S/C14H17N4O2/c1-18(8-6-17(11-19)7-9-18)14-13(20-10-16-14)12-2-4-15-5-3-12/h2-5,10-11H,6-9H2,1H3/q+1. The Balaban J connectivity index is 1.92. The third-order valence-corrected chi connectivity index (χ3v) is 3.91. The first-order valence-electron chi connectivity index (χ1n) is 6.61. The summed E-state index contributed by atoms with van der Waals surface area (Å²) < 4.78 is 6.26. The molecule has 20 heavy (non-hydrogen) atoms. The van der Waals surface area contributed by atoms with Crippen molar-refractivity contribution in [3.8, 4) is 11.3 Å². The van der Waals surface area contributed by atoms with Crippen molar-refractivity contribution in [1.82, 2.24) is 19.4 Å². The summed E-state index contributed by atoms with van der Waals surface area (Å²) in [6.45, 7) is 3.15. The Morgan fingerprint density at radius 1 is 1.30 bits per heavy atom. The maximum Gasteiger partial charge on any atom is 0.274 e. The largest absolute Gasteiger partial charge is 0.437 e. The Morgan fingerprint density at radius 3 is 2.65 bits per heavy atom. The van der Waals surface area contributed by atoms with Crippen molar-refractivity contribution in [2.75, 3.05) is 33.2 Å². The average Bonchev–Trinajstić information content (AvgIpc) is 2.99.